The van der Waals surface area contributed by atoms with E-state index in [0.717, 1.165) is 30.5 Å². The molecule has 2 heterocycles. The van der Waals surface area contributed by atoms with Crippen LogP contribution in [0.3, 0.4) is 0 Å². The highest BCUT2D eigenvalue weighted by Crippen LogP contribution is 2.23. The molecule has 1 atom stereocenters. The Hall–Kier alpha value is -0.800. The van der Waals surface area contributed by atoms with Gasteiger partial charge in [-0.1, -0.05) is 27.2 Å². The van der Waals surface area contributed by atoms with Crippen molar-refractivity contribution in [2.75, 3.05) is 13.1 Å². The molecule has 2 rings (SSSR count). The van der Waals surface area contributed by atoms with Gasteiger partial charge in [0.15, 0.2) is 0 Å². The molecule has 0 aromatic carbocycles. The lowest BCUT2D eigenvalue weighted by Gasteiger charge is -2.32. The maximum Gasteiger partial charge on any atom is 0.118 e. The second-order valence-electron chi connectivity index (χ2n) is 6.48. The second-order valence-corrected chi connectivity index (χ2v) is 6.48. The highest BCUT2D eigenvalue weighted by atomic mass is 16.3. The third-order valence-electron chi connectivity index (χ3n) is 4.33. The van der Waals surface area contributed by atoms with Gasteiger partial charge >= 0.3 is 0 Å². The average Bonchev–Trinajstić information content (AvgIpc) is 2.77. The molecule has 0 saturated carbocycles. The molecule has 1 N–H and O–H groups in total. The standard InChI is InChI=1S/C17H30N2O/c1-5-15-7-6-8-19(11-15)12-16-9-17(20-14(16)4)10-18-13(2)3/h9,13,15,18H,5-8,10-12H2,1-4H3. The minimum Gasteiger partial charge on any atom is -0.465 e. The SMILES string of the molecule is CCC1CCCN(Cc2cc(CNC(C)C)oc2C)C1. The van der Waals surface area contributed by atoms with E-state index < -0.39 is 0 Å². The summed E-state index contributed by atoms with van der Waals surface area (Å²) in [7, 11) is 0. The van der Waals surface area contributed by atoms with Crippen LogP contribution in [-0.4, -0.2) is 24.0 Å². The minimum atomic E-state index is 0.497. The molecule has 0 amide bonds. The molecule has 3 heteroatoms. The van der Waals surface area contributed by atoms with Crippen molar-refractivity contribution in [2.45, 2.75) is 66.1 Å². The number of aryl methyl sites for hydroxylation is 1. The fraction of sp³-hybridized carbons (Fsp3) is 0.765. The van der Waals surface area contributed by atoms with E-state index in [4.69, 9.17) is 4.42 Å². The van der Waals surface area contributed by atoms with Gasteiger partial charge in [0.2, 0.25) is 0 Å². The van der Waals surface area contributed by atoms with Crippen molar-refractivity contribution in [1.29, 1.82) is 0 Å². The predicted molar refractivity (Wildman–Crippen MR) is 83.7 cm³/mol. The van der Waals surface area contributed by atoms with E-state index >= 15 is 0 Å². The lowest BCUT2D eigenvalue weighted by molar-refractivity contribution is 0.164. The zero-order valence-corrected chi connectivity index (χ0v) is 13.5. The van der Waals surface area contributed by atoms with Gasteiger partial charge in [0.1, 0.15) is 11.5 Å². The number of piperidine rings is 1. The minimum absolute atomic E-state index is 0.497. The van der Waals surface area contributed by atoms with Crippen LogP contribution < -0.4 is 5.32 Å². The van der Waals surface area contributed by atoms with Crippen molar-refractivity contribution in [1.82, 2.24) is 10.2 Å². The summed E-state index contributed by atoms with van der Waals surface area (Å²) in [5.74, 6) is 3.04. The van der Waals surface area contributed by atoms with Crippen LogP contribution in [0.4, 0.5) is 0 Å². The van der Waals surface area contributed by atoms with Gasteiger partial charge in [-0.25, -0.2) is 0 Å². The van der Waals surface area contributed by atoms with Crippen LogP contribution in [0.5, 0.6) is 0 Å². The first-order valence-electron chi connectivity index (χ1n) is 8.12. The van der Waals surface area contributed by atoms with Gasteiger partial charge in [-0.05, 0) is 38.3 Å². The fourth-order valence-corrected chi connectivity index (χ4v) is 3.01. The van der Waals surface area contributed by atoms with Gasteiger partial charge in [-0.15, -0.1) is 0 Å². The molecule has 3 nitrogen and oxygen atoms in total. The highest BCUT2D eigenvalue weighted by Gasteiger charge is 2.20. The topological polar surface area (TPSA) is 28.4 Å². The molecule has 1 aliphatic rings. The van der Waals surface area contributed by atoms with Crippen LogP contribution in [0.2, 0.25) is 0 Å². The molecular weight excluding hydrogens is 248 g/mol. The Labute approximate surface area is 123 Å². The van der Waals surface area contributed by atoms with Crippen LogP contribution in [-0.2, 0) is 13.1 Å². The van der Waals surface area contributed by atoms with Gasteiger partial charge in [-0.3, -0.25) is 4.90 Å². The Kier molecular flexibility index (Phi) is 5.67. The summed E-state index contributed by atoms with van der Waals surface area (Å²) in [5.41, 5.74) is 1.36. The Balaban J connectivity index is 1.91. The van der Waals surface area contributed by atoms with Crippen molar-refractivity contribution >= 4 is 0 Å². The maximum absolute atomic E-state index is 5.87. The van der Waals surface area contributed by atoms with Crippen molar-refractivity contribution in [2.24, 2.45) is 5.92 Å². The number of nitrogens with one attached hydrogen (secondary N) is 1. The second kappa shape index (κ2) is 7.28. The zero-order valence-electron chi connectivity index (χ0n) is 13.5. The van der Waals surface area contributed by atoms with Gasteiger partial charge < -0.3 is 9.73 Å². The normalized spacial score (nSPS) is 20.8. The van der Waals surface area contributed by atoms with Gasteiger partial charge in [-0.2, -0.15) is 0 Å². The number of hydrogen-bond acceptors (Lipinski definition) is 3. The van der Waals surface area contributed by atoms with E-state index in [0.29, 0.717) is 6.04 Å². The molecule has 114 valence electrons. The molecule has 20 heavy (non-hydrogen) atoms. The van der Waals surface area contributed by atoms with E-state index in [1.54, 1.807) is 0 Å². The van der Waals surface area contributed by atoms with Crippen LogP contribution in [0.1, 0.15) is 57.1 Å². The zero-order chi connectivity index (χ0) is 14.5. The van der Waals surface area contributed by atoms with Crippen molar-refractivity contribution in [3.8, 4) is 0 Å². The Morgan fingerprint density at radius 1 is 1.45 bits per heavy atom. The molecule has 0 bridgehead atoms. The van der Waals surface area contributed by atoms with Crippen molar-refractivity contribution in [3.63, 3.8) is 0 Å². The molecule has 1 aliphatic heterocycles. The summed E-state index contributed by atoms with van der Waals surface area (Å²) >= 11 is 0. The molecule has 0 spiro atoms. The van der Waals surface area contributed by atoms with E-state index in [9.17, 15) is 0 Å². The Bertz CT molecular complexity index is 411. The number of furan rings is 1. The van der Waals surface area contributed by atoms with Gasteiger partial charge in [0, 0.05) is 24.7 Å². The summed E-state index contributed by atoms with van der Waals surface area (Å²) in [6.45, 7) is 13.1. The number of rotatable bonds is 6. The van der Waals surface area contributed by atoms with E-state index in [1.807, 2.05) is 0 Å². The molecule has 0 radical (unpaired) electrons. The average molecular weight is 278 g/mol. The summed E-state index contributed by atoms with van der Waals surface area (Å²) in [6, 6.07) is 2.73. The molecule has 1 unspecified atom stereocenters. The first-order valence-corrected chi connectivity index (χ1v) is 8.12. The summed E-state index contributed by atoms with van der Waals surface area (Å²) in [5, 5.41) is 3.41. The quantitative estimate of drug-likeness (QED) is 0.860. The van der Waals surface area contributed by atoms with Crippen molar-refractivity contribution in [3.05, 3.63) is 23.2 Å². The first kappa shape index (κ1) is 15.6. The molecule has 1 fully saturated rings. The molecule has 0 aliphatic carbocycles. The lowest BCUT2D eigenvalue weighted by Crippen LogP contribution is -2.34. The summed E-state index contributed by atoms with van der Waals surface area (Å²) in [6.07, 6.45) is 4.06. The van der Waals surface area contributed by atoms with E-state index in [2.05, 4.69) is 44.0 Å². The Morgan fingerprint density at radius 3 is 2.95 bits per heavy atom. The molecule has 1 saturated heterocycles. The molecule has 1 aromatic rings. The molecule has 1 aromatic heterocycles. The smallest absolute Gasteiger partial charge is 0.118 e. The summed E-state index contributed by atoms with van der Waals surface area (Å²) in [4.78, 5) is 2.59. The maximum atomic E-state index is 5.87. The van der Waals surface area contributed by atoms with Crippen LogP contribution in [0, 0.1) is 12.8 Å². The molecular formula is C17H30N2O. The third kappa shape index (κ3) is 4.35. The first-order chi connectivity index (χ1) is 9.58. The van der Waals surface area contributed by atoms with Crippen LogP contribution >= 0.6 is 0 Å². The number of hydrogen-bond donors (Lipinski definition) is 1. The Morgan fingerprint density at radius 2 is 2.25 bits per heavy atom. The fourth-order valence-electron chi connectivity index (χ4n) is 3.01. The predicted octanol–water partition coefficient (Wildman–Crippen LogP) is 3.71. The number of likely N-dealkylation sites (tertiary alicyclic amines) is 1. The van der Waals surface area contributed by atoms with Gasteiger partial charge in [0.05, 0.1) is 6.54 Å². The van der Waals surface area contributed by atoms with Gasteiger partial charge in [0.25, 0.3) is 0 Å². The monoisotopic (exact) mass is 278 g/mol. The van der Waals surface area contributed by atoms with Crippen molar-refractivity contribution < 1.29 is 4.42 Å². The van der Waals surface area contributed by atoms with Crippen LogP contribution in [0.25, 0.3) is 0 Å². The van der Waals surface area contributed by atoms with Crippen LogP contribution in [0.15, 0.2) is 10.5 Å². The highest BCUT2D eigenvalue weighted by molar-refractivity contribution is 5.20. The largest absolute Gasteiger partial charge is 0.465 e. The van der Waals surface area contributed by atoms with E-state index in [-0.39, 0.29) is 0 Å². The third-order valence-corrected chi connectivity index (χ3v) is 4.33. The van der Waals surface area contributed by atoms with E-state index in [1.165, 1.54) is 37.9 Å². The lowest BCUT2D eigenvalue weighted by atomic mass is 9.95. The number of nitrogens with zero attached hydrogens (tertiary/aromatic N) is 1. The summed E-state index contributed by atoms with van der Waals surface area (Å²) < 4.78 is 5.87.